The molecular weight excluding hydrogens is 528 g/mol. The number of carbonyl (C=O) groups excluding carboxylic acids is 1. The summed E-state index contributed by atoms with van der Waals surface area (Å²) in [5.74, 6) is -1.21. The Kier molecular flexibility index (Phi) is 6.29. The largest absolute Gasteiger partial charge is 0.472 e. The molecule has 35 heavy (non-hydrogen) atoms. The van der Waals surface area contributed by atoms with Crippen molar-refractivity contribution in [3.63, 3.8) is 0 Å². The van der Waals surface area contributed by atoms with E-state index in [1.54, 1.807) is 29.2 Å². The second-order valence-corrected chi connectivity index (χ2v) is 9.86. The van der Waals surface area contributed by atoms with Gasteiger partial charge < -0.3 is 9.32 Å². The molecule has 9 heteroatoms. The lowest BCUT2D eigenvalue weighted by Gasteiger charge is -2.27. The van der Waals surface area contributed by atoms with E-state index in [1.807, 2.05) is 0 Å². The number of alkyl halides is 3. The molecule has 0 spiro atoms. The van der Waals surface area contributed by atoms with Gasteiger partial charge in [0.25, 0.3) is 5.91 Å². The van der Waals surface area contributed by atoms with Crippen LogP contribution in [0.5, 0.6) is 0 Å². The monoisotopic (exact) mass is 548 g/mol. The zero-order valence-corrected chi connectivity index (χ0v) is 20.1. The Balaban J connectivity index is 1.43. The molecule has 5 rings (SSSR count). The SMILES string of the molecule is O=C(C1=C(Br)CC2CC=C(c3ccoc3)C=C(C(F)(F)F)C2=N1)N1CCC(c2ccc(F)cc2)C1. The van der Waals surface area contributed by atoms with Crippen LogP contribution in [0.4, 0.5) is 17.6 Å². The van der Waals surface area contributed by atoms with Crippen LogP contribution in [0, 0.1) is 11.7 Å². The van der Waals surface area contributed by atoms with Crippen molar-refractivity contribution in [3.8, 4) is 0 Å². The summed E-state index contributed by atoms with van der Waals surface area (Å²) in [5.41, 5.74) is 0.940. The molecule has 182 valence electrons. The van der Waals surface area contributed by atoms with Gasteiger partial charge in [-0.2, -0.15) is 13.2 Å². The van der Waals surface area contributed by atoms with Crippen LogP contribution in [0.15, 0.2) is 80.2 Å². The van der Waals surface area contributed by atoms with Crippen molar-refractivity contribution < 1.29 is 26.8 Å². The Hall–Kier alpha value is -2.94. The van der Waals surface area contributed by atoms with Crippen LogP contribution in [0.2, 0.25) is 0 Å². The van der Waals surface area contributed by atoms with Gasteiger partial charge in [-0.15, -0.1) is 0 Å². The molecule has 0 radical (unpaired) electrons. The van der Waals surface area contributed by atoms with Crippen molar-refractivity contribution in [2.45, 2.75) is 31.4 Å². The van der Waals surface area contributed by atoms with Gasteiger partial charge in [0.15, 0.2) is 0 Å². The van der Waals surface area contributed by atoms with E-state index in [0.29, 0.717) is 41.6 Å². The Morgan fingerprint density at radius 3 is 2.60 bits per heavy atom. The van der Waals surface area contributed by atoms with Crippen LogP contribution in [0.25, 0.3) is 5.57 Å². The van der Waals surface area contributed by atoms with E-state index in [-0.39, 0.29) is 29.6 Å². The molecule has 2 unspecified atom stereocenters. The number of hydrogen-bond donors (Lipinski definition) is 0. The molecule has 1 aliphatic carbocycles. The lowest BCUT2D eigenvalue weighted by molar-refractivity contribution is -0.126. The molecule has 2 aromatic rings. The second-order valence-electron chi connectivity index (χ2n) is 8.90. The maximum Gasteiger partial charge on any atom is 0.418 e. The molecule has 2 aliphatic heterocycles. The van der Waals surface area contributed by atoms with Gasteiger partial charge in [-0.25, -0.2) is 9.38 Å². The molecule has 3 aliphatic rings. The number of hydrogen-bond acceptors (Lipinski definition) is 3. The number of aliphatic imine (C=N–C) groups is 1. The number of halogens is 5. The van der Waals surface area contributed by atoms with Crippen molar-refractivity contribution in [1.82, 2.24) is 4.90 Å². The Labute approximate surface area is 207 Å². The van der Waals surface area contributed by atoms with E-state index in [9.17, 15) is 22.4 Å². The van der Waals surface area contributed by atoms with E-state index in [1.165, 1.54) is 24.7 Å². The number of benzene rings is 1. The zero-order chi connectivity index (χ0) is 24.7. The standard InChI is InChI=1S/C26H21BrF4N2O2/c27-22-12-17-2-1-16(19-8-10-35-14-19)11-21(26(29,30)31)23(17)32-24(22)25(34)33-9-7-18(13-33)15-3-5-20(28)6-4-15/h1,3-6,8,10-11,14,17-18H,2,7,9,12-13H2. The van der Waals surface area contributed by atoms with Gasteiger partial charge in [0, 0.05) is 35.0 Å². The van der Waals surface area contributed by atoms with Crippen LogP contribution < -0.4 is 0 Å². The third kappa shape index (κ3) is 4.78. The first-order chi connectivity index (χ1) is 16.7. The highest BCUT2D eigenvalue weighted by molar-refractivity contribution is 9.11. The number of fused-ring (bicyclic) bond motifs is 1. The predicted molar refractivity (Wildman–Crippen MR) is 127 cm³/mol. The highest BCUT2D eigenvalue weighted by Crippen LogP contribution is 2.42. The third-order valence-corrected chi connectivity index (χ3v) is 7.38. The van der Waals surface area contributed by atoms with E-state index in [4.69, 9.17) is 4.42 Å². The highest BCUT2D eigenvalue weighted by Gasteiger charge is 2.43. The summed E-state index contributed by atoms with van der Waals surface area (Å²) in [6.07, 6.45) is 2.31. The van der Waals surface area contributed by atoms with Gasteiger partial charge in [0.05, 0.1) is 23.8 Å². The Morgan fingerprint density at radius 2 is 1.91 bits per heavy atom. The third-order valence-electron chi connectivity index (χ3n) is 6.68. The summed E-state index contributed by atoms with van der Waals surface area (Å²) < 4.78 is 61.3. The molecule has 2 atom stereocenters. The minimum absolute atomic E-state index is 0.0120. The fourth-order valence-corrected chi connectivity index (χ4v) is 5.49. The van der Waals surface area contributed by atoms with Crippen molar-refractivity contribution in [3.05, 3.63) is 87.7 Å². The number of likely N-dealkylation sites (tertiary alicyclic amines) is 1. The minimum atomic E-state index is -4.64. The molecule has 1 amide bonds. The number of carbonyl (C=O) groups is 1. The predicted octanol–water partition coefficient (Wildman–Crippen LogP) is 6.78. The highest BCUT2D eigenvalue weighted by atomic mass is 79.9. The normalized spacial score (nSPS) is 22.9. The van der Waals surface area contributed by atoms with Crippen LogP contribution >= 0.6 is 15.9 Å². The van der Waals surface area contributed by atoms with E-state index in [0.717, 1.165) is 11.6 Å². The van der Waals surface area contributed by atoms with Crippen LogP contribution in [0.1, 0.15) is 36.3 Å². The van der Waals surface area contributed by atoms with Crippen LogP contribution in [-0.2, 0) is 4.79 Å². The van der Waals surface area contributed by atoms with E-state index >= 15 is 0 Å². The molecule has 3 heterocycles. The fraction of sp³-hybridized carbons (Fsp3) is 0.308. The summed E-state index contributed by atoms with van der Waals surface area (Å²) >= 11 is 3.43. The van der Waals surface area contributed by atoms with Gasteiger partial charge in [0.1, 0.15) is 11.5 Å². The zero-order valence-electron chi connectivity index (χ0n) is 18.5. The first kappa shape index (κ1) is 23.8. The summed E-state index contributed by atoms with van der Waals surface area (Å²) in [6.45, 7) is 0.851. The molecule has 1 aromatic heterocycles. The van der Waals surface area contributed by atoms with Crippen molar-refractivity contribution in [1.29, 1.82) is 0 Å². The maximum atomic E-state index is 14.2. The van der Waals surface area contributed by atoms with Crippen LogP contribution in [0.3, 0.4) is 0 Å². The first-order valence-corrected chi connectivity index (χ1v) is 12.0. The molecular formula is C26H21BrF4N2O2. The summed E-state index contributed by atoms with van der Waals surface area (Å²) in [6, 6.07) is 7.78. The molecule has 0 saturated carbocycles. The molecule has 1 saturated heterocycles. The van der Waals surface area contributed by atoms with Crippen LogP contribution in [-0.4, -0.2) is 35.8 Å². The number of rotatable bonds is 3. The summed E-state index contributed by atoms with van der Waals surface area (Å²) in [5, 5.41) is 0. The molecule has 0 bridgehead atoms. The summed E-state index contributed by atoms with van der Waals surface area (Å²) in [7, 11) is 0. The lowest BCUT2D eigenvalue weighted by Crippen LogP contribution is -2.34. The maximum absolute atomic E-state index is 14.2. The molecule has 4 nitrogen and oxygen atoms in total. The Morgan fingerprint density at radius 1 is 1.14 bits per heavy atom. The van der Waals surface area contributed by atoms with Crippen molar-refractivity contribution >= 4 is 33.1 Å². The average Bonchev–Trinajstić information content (AvgIpc) is 3.49. The van der Waals surface area contributed by atoms with Gasteiger partial charge in [0.2, 0.25) is 0 Å². The van der Waals surface area contributed by atoms with Gasteiger partial charge >= 0.3 is 6.18 Å². The lowest BCUT2D eigenvalue weighted by atomic mass is 9.89. The number of furan rings is 1. The number of nitrogens with zero attached hydrogens (tertiary/aromatic N) is 2. The minimum Gasteiger partial charge on any atom is -0.472 e. The van der Waals surface area contributed by atoms with Gasteiger partial charge in [-0.1, -0.05) is 34.1 Å². The van der Waals surface area contributed by atoms with E-state index < -0.39 is 23.6 Å². The smallest absolute Gasteiger partial charge is 0.418 e. The van der Waals surface area contributed by atoms with Gasteiger partial charge in [-0.3, -0.25) is 4.79 Å². The van der Waals surface area contributed by atoms with Crippen molar-refractivity contribution in [2.24, 2.45) is 10.9 Å². The molecule has 1 aromatic carbocycles. The average molecular weight is 549 g/mol. The topological polar surface area (TPSA) is 45.8 Å². The Bertz CT molecular complexity index is 1260. The summed E-state index contributed by atoms with van der Waals surface area (Å²) in [4.78, 5) is 19.3. The molecule has 0 N–H and O–H groups in total. The van der Waals surface area contributed by atoms with Gasteiger partial charge in [-0.05, 0) is 54.7 Å². The fourth-order valence-electron chi connectivity index (χ4n) is 4.84. The first-order valence-electron chi connectivity index (χ1n) is 11.2. The molecule has 1 fully saturated rings. The number of amides is 1. The van der Waals surface area contributed by atoms with E-state index in [2.05, 4.69) is 20.9 Å². The number of allylic oxidation sites excluding steroid dienone is 5. The quantitative estimate of drug-likeness (QED) is 0.397. The second kappa shape index (κ2) is 9.26. The van der Waals surface area contributed by atoms with Crippen molar-refractivity contribution in [2.75, 3.05) is 13.1 Å².